The zero-order chi connectivity index (χ0) is 31.4. The second-order valence-corrected chi connectivity index (χ2v) is 12.7. The summed E-state index contributed by atoms with van der Waals surface area (Å²) in [6.45, 7) is 9.79. The molecule has 0 spiro atoms. The van der Waals surface area contributed by atoms with Crippen LogP contribution < -0.4 is 5.32 Å². The number of amides is 1. The van der Waals surface area contributed by atoms with Crippen LogP contribution in [-0.2, 0) is 23.7 Å². The van der Waals surface area contributed by atoms with Crippen LogP contribution in [0.15, 0.2) is 70.6 Å². The monoisotopic (exact) mass is 609 g/mol. The van der Waals surface area contributed by atoms with E-state index in [0.717, 1.165) is 29.0 Å². The van der Waals surface area contributed by atoms with Crippen LogP contribution >= 0.6 is 12.2 Å². The van der Waals surface area contributed by atoms with Gasteiger partial charge in [0.2, 0.25) is 0 Å². The molecule has 9 nitrogen and oxygen atoms in total. The molecule has 1 saturated heterocycles. The van der Waals surface area contributed by atoms with E-state index in [1.54, 1.807) is 12.0 Å². The number of thiocarbonyl (C=S) groups is 1. The third-order valence-corrected chi connectivity index (χ3v) is 8.02. The number of likely N-dealkylation sites (tertiary alicyclic amines) is 1. The molecule has 1 aromatic carbocycles. The number of carbonyl (C=O) groups excluding carboxylic acids is 2. The highest BCUT2D eigenvalue weighted by molar-refractivity contribution is 7.80. The Morgan fingerprint density at radius 3 is 2.53 bits per heavy atom. The number of fused-ring (bicyclic) bond motifs is 1. The average molecular weight is 610 g/mol. The van der Waals surface area contributed by atoms with E-state index in [2.05, 4.69) is 12.2 Å². The smallest absolute Gasteiger partial charge is 0.411 e. The SMILES string of the molecule is CCCC(NC(=S)[C@@H]1C[C@@H](OC2=CC(c3ccccc3)=NC3(C)CC(OC)=CC=C23)CN1C(=O)OC(C)(C)C)C(=O)OC. The molecule has 0 bridgehead atoms. The van der Waals surface area contributed by atoms with E-state index in [1.165, 1.54) is 7.11 Å². The minimum Gasteiger partial charge on any atom is -0.501 e. The molecule has 43 heavy (non-hydrogen) atoms. The Hall–Kier alpha value is -3.66. The van der Waals surface area contributed by atoms with Gasteiger partial charge in [0.25, 0.3) is 0 Å². The quantitative estimate of drug-likeness (QED) is 0.284. The van der Waals surface area contributed by atoms with Crippen molar-refractivity contribution in [1.82, 2.24) is 10.2 Å². The van der Waals surface area contributed by atoms with Gasteiger partial charge in [0.1, 0.15) is 23.5 Å². The van der Waals surface area contributed by atoms with Crippen LogP contribution in [0.1, 0.15) is 65.9 Å². The van der Waals surface area contributed by atoms with Crippen molar-refractivity contribution in [3.05, 3.63) is 71.2 Å². The maximum Gasteiger partial charge on any atom is 0.411 e. The zero-order valence-electron chi connectivity index (χ0n) is 26.1. The van der Waals surface area contributed by atoms with Crippen LogP contribution in [-0.4, -0.2) is 77.8 Å². The molecule has 2 heterocycles. The highest BCUT2D eigenvalue weighted by atomic mass is 32.1. The van der Waals surface area contributed by atoms with E-state index in [9.17, 15) is 9.59 Å². The van der Waals surface area contributed by atoms with Gasteiger partial charge in [-0.2, -0.15) is 0 Å². The van der Waals surface area contributed by atoms with Gasteiger partial charge in [-0.05, 0) is 51.8 Å². The second-order valence-electron chi connectivity index (χ2n) is 12.2. The van der Waals surface area contributed by atoms with Crippen molar-refractivity contribution >= 4 is 35.0 Å². The van der Waals surface area contributed by atoms with Crippen molar-refractivity contribution in [2.45, 2.75) is 89.6 Å². The number of esters is 1. The Balaban J connectivity index is 1.65. The highest BCUT2D eigenvalue weighted by Gasteiger charge is 2.44. The summed E-state index contributed by atoms with van der Waals surface area (Å²) in [5, 5.41) is 3.16. The van der Waals surface area contributed by atoms with E-state index >= 15 is 0 Å². The van der Waals surface area contributed by atoms with E-state index < -0.39 is 35.3 Å². The van der Waals surface area contributed by atoms with Crippen LogP contribution in [0.5, 0.6) is 0 Å². The molecule has 1 fully saturated rings. The number of allylic oxidation sites excluding steroid dienone is 3. The van der Waals surface area contributed by atoms with Crippen molar-refractivity contribution in [3.63, 3.8) is 0 Å². The van der Waals surface area contributed by atoms with Gasteiger partial charge < -0.3 is 24.3 Å². The van der Waals surface area contributed by atoms with E-state index in [0.29, 0.717) is 30.0 Å². The topological polar surface area (TPSA) is 98.7 Å². The second kappa shape index (κ2) is 13.3. The number of benzene rings is 1. The predicted octanol–water partition coefficient (Wildman–Crippen LogP) is 5.65. The zero-order valence-corrected chi connectivity index (χ0v) is 27.0. The van der Waals surface area contributed by atoms with Crippen LogP contribution in [0.4, 0.5) is 4.79 Å². The molecule has 1 N–H and O–H groups in total. The summed E-state index contributed by atoms with van der Waals surface area (Å²) in [6.07, 6.45) is 7.34. The Bertz CT molecular complexity index is 1350. The van der Waals surface area contributed by atoms with Crippen molar-refractivity contribution in [1.29, 1.82) is 0 Å². The van der Waals surface area contributed by atoms with E-state index in [-0.39, 0.29) is 12.6 Å². The molecule has 0 radical (unpaired) electrons. The van der Waals surface area contributed by atoms with Crippen molar-refractivity contribution in [2.24, 2.45) is 4.99 Å². The molecule has 4 rings (SSSR count). The number of aliphatic imine (C=N–C) groups is 1. The standard InChI is InChI=1S/C33H43N3O6S/c1-8-12-25(30(37)40-7)34-29(43)27-17-23(20-36(27)31(38)42-32(2,3)4)41-28-18-26(21-13-10-9-11-14-21)35-33(5)19-22(39-6)15-16-24(28)33/h9-11,13-16,18,23,25,27H,8,12,17,19-20H2,1-7H3,(H,34,43)/t23-,25?,27+,33?/m1/s1. The molecule has 3 aliphatic rings. The van der Waals surface area contributed by atoms with Gasteiger partial charge in [-0.3, -0.25) is 9.89 Å². The first-order valence-corrected chi connectivity index (χ1v) is 15.2. The Morgan fingerprint density at radius 2 is 1.91 bits per heavy atom. The van der Waals surface area contributed by atoms with Crippen molar-refractivity contribution in [2.75, 3.05) is 20.8 Å². The number of nitrogens with one attached hydrogen (secondary N) is 1. The number of hydrogen-bond acceptors (Lipinski definition) is 8. The molecular weight excluding hydrogens is 566 g/mol. The number of nitrogens with zero attached hydrogens (tertiary/aromatic N) is 2. The molecule has 10 heteroatoms. The summed E-state index contributed by atoms with van der Waals surface area (Å²) in [5.74, 6) is 1.13. The normalized spacial score (nSPS) is 23.9. The van der Waals surface area contributed by atoms with Gasteiger partial charge in [-0.25, -0.2) is 9.59 Å². The lowest BCUT2D eigenvalue weighted by atomic mass is 9.80. The number of rotatable bonds is 9. The number of ether oxygens (including phenoxy) is 4. The third kappa shape index (κ3) is 7.65. The van der Waals surface area contributed by atoms with E-state index in [4.69, 9.17) is 36.2 Å². The first kappa shape index (κ1) is 32.3. The number of carbonyl (C=O) groups is 2. The molecular formula is C33H43N3O6S. The summed E-state index contributed by atoms with van der Waals surface area (Å²) in [4.78, 5) is 32.9. The van der Waals surface area contributed by atoms with Crippen LogP contribution in [0.25, 0.3) is 0 Å². The minimum atomic E-state index is -0.695. The molecule has 0 saturated carbocycles. The fourth-order valence-electron chi connectivity index (χ4n) is 5.57. The molecule has 2 unspecified atom stereocenters. The molecule has 1 aliphatic carbocycles. The number of dihydropyridines is 1. The van der Waals surface area contributed by atoms with Gasteiger partial charge in [0, 0.05) is 24.5 Å². The Labute approximate surface area is 260 Å². The molecule has 2 aliphatic heterocycles. The van der Waals surface area contributed by atoms with E-state index in [1.807, 2.05) is 76.3 Å². The molecule has 4 atom stereocenters. The fraction of sp³-hybridized carbons (Fsp3) is 0.515. The van der Waals surface area contributed by atoms with Crippen molar-refractivity contribution in [3.8, 4) is 0 Å². The molecule has 232 valence electrons. The number of methoxy groups -OCH3 is 2. The summed E-state index contributed by atoms with van der Waals surface area (Å²) >= 11 is 5.79. The Morgan fingerprint density at radius 1 is 1.19 bits per heavy atom. The van der Waals surface area contributed by atoms with Crippen LogP contribution in [0.3, 0.4) is 0 Å². The van der Waals surface area contributed by atoms with Gasteiger partial charge in [-0.1, -0.05) is 55.9 Å². The predicted molar refractivity (Wildman–Crippen MR) is 170 cm³/mol. The summed E-state index contributed by atoms with van der Waals surface area (Å²) in [5.41, 5.74) is 1.44. The lowest BCUT2D eigenvalue weighted by molar-refractivity contribution is -0.142. The maximum absolute atomic E-state index is 13.4. The summed E-state index contributed by atoms with van der Waals surface area (Å²) < 4.78 is 23.0. The largest absolute Gasteiger partial charge is 0.501 e. The number of hydrogen-bond donors (Lipinski definition) is 1. The summed E-state index contributed by atoms with van der Waals surface area (Å²) in [7, 11) is 3.02. The van der Waals surface area contributed by atoms with Gasteiger partial charge >= 0.3 is 12.1 Å². The molecule has 1 aromatic rings. The minimum absolute atomic E-state index is 0.260. The van der Waals surface area contributed by atoms with Gasteiger partial charge in [0.15, 0.2) is 0 Å². The fourth-order valence-corrected chi connectivity index (χ4v) is 5.94. The maximum atomic E-state index is 13.4. The third-order valence-electron chi connectivity index (χ3n) is 7.63. The Kier molecular flexibility index (Phi) is 10.00. The van der Waals surface area contributed by atoms with Gasteiger partial charge in [0.05, 0.1) is 48.8 Å². The first-order chi connectivity index (χ1) is 20.4. The van der Waals surface area contributed by atoms with Crippen LogP contribution in [0, 0.1) is 0 Å². The summed E-state index contributed by atoms with van der Waals surface area (Å²) in [6, 6.07) is 8.84. The highest BCUT2D eigenvalue weighted by Crippen LogP contribution is 2.42. The van der Waals surface area contributed by atoms with Gasteiger partial charge in [-0.15, -0.1) is 0 Å². The lowest BCUT2D eigenvalue weighted by Crippen LogP contribution is -2.51. The van der Waals surface area contributed by atoms with Crippen molar-refractivity contribution < 1.29 is 28.5 Å². The first-order valence-electron chi connectivity index (χ1n) is 14.7. The molecule has 0 aromatic heterocycles. The lowest BCUT2D eigenvalue weighted by Gasteiger charge is -2.37. The average Bonchev–Trinajstić information content (AvgIpc) is 3.39. The molecule has 1 amide bonds. The van der Waals surface area contributed by atoms with Crippen LogP contribution in [0.2, 0.25) is 0 Å².